The third kappa shape index (κ3) is 5.57. The fraction of sp³-hybridized carbons (Fsp3) is 0.333. The van der Waals surface area contributed by atoms with Crippen LogP contribution in [0.4, 0.5) is 4.39 Å². The Kier molecular flexibility index (Phi) is 7.48. The Balaban J connectivity index is 1.61. The molecule has 178 valence electrons. The van der Waals surface area contributed by atoms with Crippen LogP contribution in [0, 0.1) is 5.82 Å². The van der Waals surface area contributed by atoms with Crippen LogP contribution in [0.25, 0.3) is 5.69 Å². The van der Waals surface area contributed by atoms with Crippen LogP contribution in [0.1, 0.15) is 46.3 Å². The summed E-state index contributed by atoms with van der Waals surface area (Å²) in [6, 6.07) is 12.5. The number of carbonyl (C=O) groups is 2. The zero-order valence-corrected chi connectivity index (χ0v) is 18.8. The molecule has 0 aliphatic carbocycles. The molecule has 2 N–H and O–H groups in total. The van der Waals surface area contributed by atoms with Gasteiger partial charge in [-0.15, -0.1) is 5.10 Å². The van der Waals surface area contributed by atoms with Crippen molar-refractivity contribution in [3.05, 3.63) is 71.3 Å². The Bertz CT molecular complexity index is 1140. The molecule has 0 spiro atoms. The fourth-order valence-electron chi connectivity index (χ4n) is 3.64. The Morgan fingerprint density at radius 1 is 1.15 bits per heavy atom. The molecule has 0 bridgehead atoms. The number of nitrogens with zero attached hydrogens (tertiary/aromatic N) is 3. The van der Waals surface area contributed by atoms with Gasteiger partial charge in [0.05, 0.1) is 5.69 Å². The Morgan fingerprint density at radius 3 is 2.62 bits per heavy atom. The van der Waals surface area contributed by atoms with Crippen molar-refractivity contribution in [2.24, 2.45) is 0 Å². The molecule has 1 aliphatic heterocycles. The standard InChI is InChI=1S/C24H26FN5O4/c1-2-26-23(31)16-6-8-19(9-7-16)30-21(15-34-20-5-3-4-17(25)14-20)22(28-29-30)24(32)27-18-10-12-33-13-11-18/h3-9,14,18H,2,10-13,15H2,1H3,(H,26,31)(H,27,32). The molecule has 3 aromatic rings. The average molecular weight is 468 g/mol. The molecular formula is C24H26FN5O4. The van der Waals surface area contributed by atoms with Crippen LogP contribution < -0.4 is 15.4 Å². The molecule has 34 heavy (non-hydrogen) atoms. The highest BCUT2D eigenvalue weighted by atomic mass is 19.1. The lowest BCUT2D eigenvalue weighted by Gasteiger charge is -2.22. The van der Waals surface area contributed by atoms with Gasteiger partial charge in [0.1, 0.15) is 23.9 Å². The molecule has 1 fully saturated rings. The van der Waals surface area contributed by atoms with Gasteiger partial charge in [0.25, 0.3) is 11.8 Å². The number of nitrogens with one attached hydrogen (secondary N) is 2. The van der Waals surface area contributed by atoms with Gasteiger partial charge in [-0.05, 0) is 56.2 Å². The monoisotopic (exact) mass is 467 g/mol. The van der Waals surface area contributed by atoms with Crippen molar-refractivity contribution in [2.45, 2.75) is 32.4 Å². The van der Waals surface area contributed by atoms with Gasteiger partial charge < -0.3 is 20.1 Å². The summed E-state index contributed by atoms with van der Waals surface area (Å²) in [4.78, 5) is 25.1. The van der Waals surface area contributed by atoms with Crippen LogP contribution in [0.5, 0.6) is 5.75 Å². The van der Waals surface area contributed by atoms with E-state index in [4.69, 9.17) is 9.47 Å². The minimum absolute atomic E-state index is 0.0141. The van der Waals surface area contributed by atoms with E-state index in [2.05, 4.69) is 20.9 Å². The van der Waals surface area contributed by atoms with E-state index in [0.717, 1.165) is 12.8 Å². The maximum atomic E-state index is 13.6. The molecule has 2 amide bonds. The van der Waals surface area contributed by atoms with Gasteiger partial charge in [0, 0.05) is 37.4 Å². The molecule has 1 aromatic heterocycles. The fourth-order valence-corrected chi connectivity index (χ4v) is 3.64. The van der Waals surface area contributed by atoms with E-state index in [1.807, 2.05) is 6.92 Å². The van der Waals surface area contributed by atoms with E-state index < -0.39 is 5.82 Å². The lowest BCUT2D eigenvalue weighted by Crippen LogP contribution is -2.39. The Labute approximate surface area is 196 Å². The molecule has 4 rings (SSSR count). The van der Waals surface area contributed by atoms with Gasteiger partial charge in [-0.1, -0.05) is 11.3 Å². The first-order chi connectivity index (χ1) is 16.5. The Morgan fingerprint density at radius 2 is 1.91 bits per heavy atom. The van der Waals surface area contributed by atoms with E-state index in [1.165, 1.54) is 16.8 Å². The predicted molar refractivity (Wildman–Crippen MR) is 121 cm³/mol. The molecule has 0 radical (unpaired) electrons. The topological polar surface area (TPSA) is 107 Å². The largest absolute Gasteiger partial charge is 0.487 e. The normalized spacial score (nSPS) is 13.9. The van der Waals surface area contributed by atoms with Crippen molar-refractivity contribution in [3.63, 3.8) is 0 Å². The van der Waals surface area contributed by atoms with E-state index in [-0.39, 0.29) is 30.2 Å². The van der Waals surface area contributed by atoms with E-state index in [0.29, 0.717) is 42.5 Å². The Hall–Kier alpha value is -3.79. The van der Waals surface area contributed by atoms with Gasteiger partial charge in [0.15, 0.2) is 5.69 Å². The highest BCUT2D eigenvalue weighted by Gasteiger charge is 2.24. The third-order valence-corrected chi connectivity index (χ3v) is 5.42. The van der Waals surface area contributed by atoms with E-state index in [1.54, 1.807) is 36.4 Å². The zero-order valence-electron chi connectivity index (χ0n) is 18.8. The lowest BCUT2D eigenvalue weighted by molar-refractivity contribution is 0.0692. The SMILES string of the molecule is CCNC(=O)c1ccc(-n2nnc(C(=O)NC3CCOCC3)c2COc2cccc(F)c2)cc1. The van der Waals surface area contributed by atoms with Gasteiger partial charge in [0.2, 0.25) is 0 Å². The number of benzene rings is 2. The summed E-state index contributed by atoms with van der Waals surface area (Å²) in [5.74, 6) is -0.661. The predicted octanol–water partition coefficient (Wildman–Crippen LogP) is 2.64. The van der Waals surface area contributed by atoms with Gasteiger partial charge in [-0.2, -0.15) is 0 Å². The average Bonchev–Trinajstić information content (AvgIpc) is 3.28. The first-order valence-electron chi connectivity index (χ1n) is 11.2. The highest BCUT2D eigenvalue weighted by Crippen LogP contribution is 2.19. The molecule has 0 unspecified atom stereocenters. The summed E-state index contributed by atoms with van der Waals surface area (Å²) in [7, 11) is 0. The van der Waals surface area contributed by atoms with Crippen molar-refractivity contribution in [2.75, 3.05) is 19.8 Å². The first kappa shape index (κ1) is 23.4. The number of aromatic nitrogens is 3. The molecule has 0 atom stereocenters. The maximum Gasteiger partial charge on any atom is 0.274 e. The van der Waals surface area contributed by atoms with Crippen molar-refractivity contribution in [1.29, 1.82) is 0 Å². The highest BCUT2D eigenvalue weighted by molar-refractivity contribution is 5.94. The second-order valence-electron chi connectivity index (χ2n) is 7.81. The number of carbonyl (C=O) groups excluding carboxylic acids is 2. The molecule has 1 aliphatic rings. The quantitative estimate of drug-likeness (QED) is 0.528. The number of hydrogen-bond donors (Lipinski definition) is 2. The van der Waals surface area contributed by atoms with Crippen molar-refractivity contribution in [3.8, 4) is 11.4 Å². The van der Waals surface area contributed by atoms with Crippen molar-refractivity contribution < 1.29 is 23.5 Å². The van der Waals surface area contributed by atoms with Crippen LogP contribution in [-0.2, 0) is 11.3 Å². The molecule has 9 nitrogen and oxygen atoms in total. The minimum Gasteiger partial charge on any atom is -0.487 e. The van der Waals surface area contributed by atoms with Crippen LogP contribution in [0.3, 0.4) is 0 Å². The smallest absolute Gasteiger partial charge is 0.274 e. The second-order valence-corrected chi connectivity index (χ2v) is 7.81. The number of halogens is 1. The summed E-state index contributed by atoms with van der Waals surface area (Å²) in [6.07, 6.45) is 1.44. The summed E-state index contributed by atoms with van der Waals surface area (Å²) in [5, 5.41) is 14.0. The van der Waals surface area contributed by atoms with Gasteiger partial charge in [-0.25, -0.2) is 9.07 Å². The second kappa shape index (κ2) is 10.9. The zero-order chi connectivity index (χ0) is 23.9. The molecule has 0 saturated carbocycles. The lowest BCUT2D eigenvalue weighted by atomic mass is 10.1. The summed E-state index contributed by atoms with van der Waals surface area (Å²) in [5.41, 5.74) is 1.62. The molecule has 1 saturated heterocycles. The number of ether oxygens (including phenoxy) is 2. The van der Waals surface area contributed by atoms with Crippen LogP contribution in [-0.4, -0.2) is 52.6 Å². The van der Waals surface area contributed by atoms with Gasteiger partial charge in [-0.3, -0.25) is 9.59 Å². The summed E-state index contributed by atoms with van der Waals surface area (Å²) < 4.78 is 26.2. The third-order valence-electron chi connectivity index (χ3n) is 5.42. The molecule has 10 heteroatoms. The van der Waals surface area contributed by atoms with Gasteiger partial charge >= 0.3 is 0 Å². The van der Waals surface area contributed by atoms with E-state index >= 15 is 0 Å². The molecule has 2 heterocycles. The van der Waals surface area contributed by atoms with Crippen LogP contribution in [0.15, 0.2) is 48.5 Å². The molecule has 2 aromatic carbocycles. The van der Waals surface area contributed by atoms with Crippen molar-refractivity contribution in [1.82, 2.24) is 25.6 Å². The van der Waals surface area contributed by atoms with Crippen LogP contribution >= 0.6 is 0 Å². The minimum atomic E-state index is -0.428. The first-order valence-corrected chi connectivity index (χ1v) is 11.2. The number of hydrogen-bond acceptors (Lipinski definition) is 6. The summed E-state index contributed by atoms with van der Waals surface area (Å²) >= 11 is 0. The van der Waals surface area contributed by atoms with Crippen molar-refractivity contribution >= 4 is 11.8 Å². The van der Waals surface area contributed by atoms with Crippen LogP contribution in [0.2, 0.25) is 0 Å². The summed E-state index contributed by atoms with van der Waals surface area (Å²) in [6.45, 7) is 3.48. The molecular weight excluding hydrogens is 441 g/mol. The maximum absolute atomic E-state index is 13.6. The number of amides is 2. The van der Waals surface area contributed by atoms with E-state index in [9.17, 15) is 14.0 Å². The number of rotatable bonds is 8.